The van der Waals surface area contributed by atoms with E-state index >= 15 is 0 Å². The highest BCUT2D eigenvalue weighted by Gasteiger charge is 2.04. The molecule has 1 unspecified atom stereocenters. The molecule has 0 aromatic heterocycles. The van der Waals surface area contributed by atoms with Crippen molar-refractivity contribution in [1.82, 2.24) is 5.32 Å². The predicted molar refractivity (Wildman–Crippen MR) is 76.5 cm³/mol. The molecule has 0 radical (unpaired) electrons. The third-order valence-corrected chi connectivity index (χ3v) is 2.91. The lowest BCUT2D eigenvalue weighted by Gasteiger charge is -2.13. The molecule has 1 aromatic carbocycles. The largest absolute Gasteiger partial charge is 0.389 e. The van der Waals surface area contributed by atoms with Crippen LogP contribution in [-0.2, 0) is 16.0 Å². The number of hydrogen-bond donors (Lipinski definition) is 2. The van der Waals surface area contributed by atoms with Crippen LogP contribution in [0.5, 0.6) is 0 Å². The Hall–Kier alpha value is -0.650. The molecule has 1 atom stereocenters. The summed E-state index contributed by atoms with van der Waals surface area (Å²) in [6, 6.07) is 7.65. The van der Waals surface area contributed by atoms with Gasteiger partial charge in [0.25, 0.3) is 0 Å². The van der Waals surface area contributed by atoms with Crippen LogP contribution in [0.4, 0.5) is 0 Å². The van der Waals surface area contributed by atoms with Crippen LogP contribution >= 0.6 is 11.6 Å². The molecule has 4 nitrogen and oxygen atoms in total. The molecule has 0 saturated carbocycles. The molecule has 0 aliphatic rings. The fourth-order valence-electron chi connectivity index (χ4n) is 1.56. The fourth-order valence-corrected chi connectivity index (χ4v) is 1.76. The number of aliphatic hydroxyl groups is 1. The molecule has 0 saturated heterocycles. The molecule has 0 bridgehead atoms. The summed E-state index contributed by atoms with van der Waals surface area (Å²) in [6.07, 6.45) is -0.524. The van der Waals surface area contributed by atoms with Gasteiger partial charge in [-0.15, -0.1) is 0 Å². The van der Waals surface area contributed by atoms with Gasteiger partial charge in [0.05, 0.1) is 25.9 Å². The van der Waals surface area contributed by atoms with Crippen molar-refractivity contribution in [2.45, 2.75) is 19.6 Å². The molecular weight excluding hydrogens is 266 g/mol. The third kappa shape index (κ3) is 7.50. The number of rotatable bonds is 10. The minimum absolute atomic E-state index is 0.308. The summed E-state index contributed by atoms with van der Waals surface area (Å²) in [5.41, 5.74) is 1.02. The van der Waals surface area contributed by atoms with Crippen molar-refractivity contribution in [2.24, 2.45) is 0 Å². The Labute approximate surface area is 119 Å². The molecule has 0 fully saturated rings. The summed E-state index contributed by atoms with van der Waals surface area (Å²) in [4.78, 5) is 0. The Kier molecular flexibility index (Phi) is 8.79. The van der Waals surface area contributed by atoms with Gasteiger partial charge in [-0.1, -0.05) is 29.8 Å². The van der Waals surface area contributed by atoms with E-state index in [4.69, 9.17) is 21.1 Å². The third-order valence-electron chi connectivity index (χ3n) is 2.54. The first-order chi connectivity index (χ1) is 9.24. The maximum absolute atomic E-state index is 9.69. The van der Waals surface area contributed by atoms with Crippen LogP contribution in [0.1, 0.15) is 12.5 Å². The van der Waals surface area contributed by atoms with Crippen LogP contribution in [0.25, 0.3) is 0 Å². The highest BCUT2D eigenvalue weighted by Crippen LogP contribution is 2.14. The Morgan fingerprint density at radius 3 is 2.74 bits per heavy atom. The molecular formula is C14H22ClNO3. The van der Waals surface area contributed by atoms with Gasteiger partial charge in [0.1, 0.15) is 0 Å². The average Bonchev–Trinajstić information content (AvgIpc) is 2.41. The Bertz CT molecular complexity index is 349. The lowest BCUT2D eigenvalue weighted by molar-refractivity contribution is 0.00643. The van der Waals surface area contributed by atoms with E-state index < -0.39 is 6.10 Å². The van der Waals surface area contributed by atoms with Gasteiger partial charge in [-0.05, 0) is 18.6 Å². The van der Waals surface area contributed by atoms with Gasteiger partial charge in [0.15, 0.2) is 0 Å². The van der Waals surface area contributed by atoms with Crippen molar-refractivity contribution in [2.75, 3.05) is 33.0 Å². The molecule has 0 amide bonds. The first kappa shape index (κ1) is 16.4. The van der Waals surface area contributed by atoms with Crippen molar-refractivity contribution in [3.63, 3.8) is 0 Å². The topological polar surface area (TPSA) is 50.7 Å². The highest BCUT2D eigenvalue weighted by molar-refractivity contribution is 6.31. The molecule has 2 N–H and O–H groups in total. The first-order valence-corrected chi connectivity index (χ1v) is 6.89. The van der Waals surface area contributed by atoms with Crippen molar-refractivity contribution in [3.8, 4) is 0 Å². The molecule has 19 heavy (non-hydrogen) atoms. The molecule has 1 aromatic rings. The standard InChI is InChI=1S/C14H22ClNO3/c1-2-18-7-8-19-11-13(17)10-16-9-12-5-3-4-6-14(12)15/h3-6,13,16-17H,2,7-11H2,1H3. The molecule has 0 spiro atoms. The van der Waals surface area contributed by atoms with E-state index in [9.17, 15) is 5.11 Å². The van der Waals surface area contributed by atoms with E-state index in [0.29, 0.717) is 39.5 Å². The quantitative estimate of drug-likeness (QED) is 0.645. The van der Waals surface area contributed by atoms with Crippen LogP contribution in [0.2, 0.25) is 5.02 Å². The zero-order chi connectivity index (χ0) is 13.9. The van der Waals surface area contributed by atoms with Gasteiger partial charge in [-0.3, -0.25) is 0 Å². The van der Waals surface area contributed by atoms with Gasteiger partial charge in [-0.25, -0.2) is 0 Å². The highest BCUT2D eigenvalue weighted by atomic mass is 35.5. The smallest absolute Gasteiger partial charge is 0.0897 e. The Morgan fingerprint density at radius 1 is 1.26 bits per heavy atom. The Morgan fingerprint density at radius 2 is 2.00 bits per heavy atom. The van der Waals surface area contributed by atoms with Crippen molar-refractivity contribution >= 4 is 11.6 Å². The summed E-state index contributed by atoms with van der Waals surface area (Å²) < 4.78 is 10.4. The Balaban J connectivity index is 2.07. The van der Waals surface area contributed by atoms with Gasteiger partial charge in [0.2, 0.25) is 0 Å². The van der Waals surface area contributed by atoms with Gasteiger partial charge in [0, 0.05) is 24.7 Å². The normalized spacial score (nSPS) is 12.6. The van der Waals surface area contributed by atoms with Crippen LogP contribution in [0.3, 0.4) is 0 Å². The second-order valence-corrected chi connectivity index (χ2v) is 4.56. The molecule has 108 valence electrons. The lowest BCUT2D eigenvalue weighted by Crippen LogP contribution is -2.30. The molecule has 0 aliphatic carbocycles. The first-order valence-electron chi connectivity index (χ1n) is 6.51. The zero-order valence-electron chi connectivity index (χ0n) is 11.3. The van der Waals surface area contributed by atoms with Crippen LogP contribution in [0.15, 0.2) is 24.3 Å². The van der Waals surface area contributed by atoms with E-state index in [1.54, 1.807) is 0 Å². The summed E-state index contributed by atoms with van der Waals surface area (Å²) in [5, 5.41) is 13.6. The number of hydrogen-bond acceptors (Lipinski definition) is 4. The number of nitrogens with one attached hydrogen (secondary N) is 1. The number of benzene rings is 1. The second kappa shape index (κ2) is 10.2. The predicted octanol–water partition coefficient (Wildman–Crippen LogP) is 1.84. The minimum Gasteiger partial charge on any atom is -0.389 e. The number of halogens is 1. The van der Waals surface area contributed by atoms with E-state index in [1.165, 1.54) is 0 Å². The van der Waals surface area contributed by atoms with E-state index in [1.807, 2.05) is 31.2 Å². The van der Waals surface area contributed by atoms with Crippen molar-refractivity contribution in [3.05, 3.63) is 34.9 Å². The average molecular weight is 288 g/mol. The summed E-state index contributed by atoms with van der Waals surface area (Å²) in [5.74, 6) is 0. The maximum Gasteiger partial charge on any atom is 0.0897 e. The molecule has 0 aliphatic heterocycles. The molecule has 5 heteroatoms. The fraction of sp³-hybridized carbons (Fsp3) is 0.571. The maximum atomic E-state index is 9.69. The SMILES string of the molecule is CCOCCOCC(O)CNCc1ccccc1Cl. The lowest BCUT2D eigenvalue weighted by atomic mass is 10.2. The van der Waals surface area contributed by atoms with Crippen LogP contribution < -0.4 is 5.32 Å². The number of aliphatic hydroxyl groups excluding tert-OH is 1. The van der Waals surface area contributed by atoms with Crippen LogP contribution in [-0.4, -0.2) is 44.2 Å². The minimum atomic E-state index is -0.524. The van der Waals surface area contributed by atoms with Crippen LogP contribution in [0, 0.1) is 0 Å². The summed E-state index contributed by atoms with van der Waals surface area (Å²) in [7, 11) is 0. The van der Waals surface area contributed by atoms with E-state index in [-0.39, 0.29) is 0 Å². The van der Waals surface area contributed by atoms with Gasteiger partial charge >= 0.3 is 0 Å². The van der Waals surface area contributed by atoms with E-state index in [2.05, 4.69) is 5.32 Å². The monoisotopic (exact) mass is 287 g/mol. The van der Waals surface area contributed by atoms with E-state index in [0.717, 1.165) is 10.6 Å². The van der Waals surface area contributed by atoms with Crippen molar-refractivity contribution in [1.29, 1.82) is 0 Å². The van der Waals surface area contributed by atoms with Gasteiger partial charge in [-0.2, -0.15) is 0 Å². The molecule has 0 heterocycles. The number of ether oxygens (including phenoxy) is 2. The second-order valence-electron chi connectivity index (χ2n) is 4.15. The van der Waals surface area contributed by atoms with Gasteiger partial charge < -0.3 is 19.9 Å². The summed E-state index contributed by atoms with van der Waals surface area (Å²) >= 11 is 6.03. The molecule has 1 rings (SSSR count). The van der Waals surface area contributed by atoms with Crippen molar-refractivity contribution < 1.29 is 14.6 Å². The summed E-state index contributed by atoms with van der Waals surface area (Å²) in [6.45, 7) is 5.11. The zero-order valence-corrected chi connectivity index (χ0v) is 12.0.